The fraction of sp³-hybridized carbons (Fsp3) is 0.350. The molecule has 6 nitrogen and oxygen atoms in total. The average Bonchev–Trinajstić information content (AvgIpc) is 2.94. The van der Waals surface area contributed by atoms with Crippen molar-refractivity contribution in [2.75, 3.05) is 26.4 Å². The molecule has 1 unspecified atom stereocenters. The number of aliphatic hydroxyl groups excluding tert-OH is 2. The quantitative estimate of drug-likeness (QED) is 0.582. The zero-order valence-electron chi connectivity index (χ0n) is 14.8. The zero-order valence-corrected chi connectivity index (χ0v) is 14.8. The van der Waals surface area contributed by atoms with Gasteiger partial charge >= 0.3 is 5.97 Å². The molecule has 1 aliphatic heterocycles. The lowest BCUT2D eigenvalue weighted by molar-refractivity contribution is -0.133. The van der Waals surface area contributed by atoms with Gasteiger partial charge in [0.2, 0.25) is 0 Å². The van der Waals surface area contributed by atoms with Gasteiger partial charge in [-0.25, -0.2) is 0 Å². The van der Waals surface area contributed by atoms with E-state index in [0.717, 1.165) is 16.7 Å². The van der Waals surface area contributed by atoms with Crippen LogP contribution in [0.4, 0.5) is 0 Å². The lowest BCUT2D eigenvalue weighted by Gasteiger charge is -2.16. The van der Waals surface area contributed by atoms with Crippen LogP contribution in [0.15, 0.2) is 30.3 Å². The van der Waals surface area contributed by atoms with Gasteiger partial charge in [0.05, 0.1) is 13.2 Å². The van der Waals surface area contributed by atoms with E-state index in [4.69, 9.17) is 24.4 Å². The van der Waals surface area contributed by atoms with Crippen molar-refractivity contribution < 1.29 is 29.2 Å². The van der Waals surface area contributed by atoms with Crippen LogP contribution in [0.2, 0.25) is 0 Å². The molecule has 1 atom stereocenters. The third kappa shape index (κ3) is 3.52. The summed E-state index contributed by atoms with van der Waals surface area (Å²) >= 11 is 0. The second kappa shape index (κ2) is 7.76. The smallest absolute Gasteiger partial charge is 0.323 e. The van der Waals surface area contributed by atoms with Crippen molar-refractivity contribution in [3.63, 3.8) is 0 Å². The summed E-state index contributed by atoms with van der Waals surface area (Å²) in [5, 5.41) is 18.0. The zero-order chi connectivity index (χ0) is 18.7. The van der Waals surface area contributed by atoms with Crippen molar-refractivity contribution in [3.8, 4) is 17.2 Å². The normalized spacial score (nSPS) is 15.5. The van der Waals surface area contributed by atoms with Crippen LogP contribution in [0.25, 0.3) is 0 Å². The minimum atomic E-state index is -0.630. The van der Waals surface area contributed by atoms with Crippen LogP contribution < -0.4 is 14.2 Å². The number of esters is 1. The van der Waals surface area contributed by atoms with Gasteiger partial charge in [-0.05, 0) is 37.6 Å². The summed E-state index contributed by atoms with van der Waals surface area (Å²) in [6.45, 7) is 3.91. The van der Waals surface area contributed by atoms with Crippen molar-refractivity contribution in [2.24, 2.45) is 0 Å². The fourth-order valence-corrected chi connectivity index (χ4v) is 3.21. The Kier molecular flexibility index (Phi) is 5.44. The highest BCUT2D eigenvalue weighted by Crippen LogP contribution is 2.45. The number of aliphatic hydroxyl groups is 2. The lowest BCUT2D eigenvalue weighted by atomic mass is 9.89. The van der Waals surface area contributed by atoms with Crippen LogP contribution in [0, 0.1) is 13.8 Å². The standard InChI is InChI=1S/C20H22O6/c1-12-9-13(2)19-16(10-12)18(20(23)26-19)15-11-14(24-7-5-21)3-4-17(15)25-8-6-22/h3-4,9-11,18,21-22H,5-8H2,1-2H3. The fourth-order valence-electron chi connectivity index (χ4n) is 3.21. The van der Waals surface area contributed by atoms with E-state index in [1.165, 1.54) is 0 Å². The maximum absolute atomic E-state index is 12.6. The molecule has 0 amide bonds. The molecule has 138 valence electrons. The predicted molar refractivity (Wildman–Crippen MR) is 95.0 cm³/mol. The highest BCUT2D eigenvalue weighted by Gasteiger charge is 2.37. The molecular formula is C20H22O6. The van der Waals surface area contributed by atoms with Crippen LogP contribution in [0.5, 0.6) is 17.2 Å². The molecule has 0 radical (unpaired) electrons. The number of fused-ring (bicyclic) bond motifs is 1. The highest BCUT2D eigenvalue weighted by atomic mass is 16.5. The molecule has 0 saturated heterocycles. The summed E-state index contributed by atoms with van der Waals surface area (Å²) in [6, 6.07) is 9.04. The Bertz CT molecular complexity index is 814. The Labute approximate surface area is 151 Å². The molecule has 0 aliphatic carbocycles. The first-order chi connectivity index (χ1) is 12.5. The van der Waals surface area contributed by atoms with Crippen molar-refractivity contribution in [2.45, 2.75) is 19.8 Å². The van der Waals surface area contributed by atoms with E-state index >= 15 is 0 Å². The van der Waals surface area contributed by atoms with Crippen molar-refractivity contribution in [1.29, 1.82) is 0 Å². The maximum Gasteiger partial charge on any atom is 0.323 e. The summed E-state index contributed by atoms with van der Waals surface area (Å²) in [6.07, 6.45) is 0. The minimum absolute atomic E-state index is 0.106. The second-order valence-electron chi connectivity index (χ2n) is 6.20. The van der Waals surface area contributed by atoms with Gasteiger partial charge in [-0.15, -0.1) is 0 Å². The molecule has 0 bridgehead atoms. The molecule has 2 aromatic carbocycles. The molecule has 0 aromatic heterocycles. The summed E-state index contributed by atoms with van der Waals surface area (Å²) in [4.78, 5) is 12.6. The van der Waals surface area contributed by atoms with Gasteiger partial charge in [0.25, 0.3) is 0 Å². The Morgan fingerprint density at radius 3 is 2.46 bits per heavy atom. The van der Waals surface area contributed by atoms with Gasteiger partial charge < -0.3 is 24.4 Å². The van der Waals surface area contributed by atoms with Crippen LogP contribution in [0.1, 0.15) is 28.2 Å². The lowest BCUT2D eigenvalue weighted by Crippen LogP contribution is -2.14. The largest absolute Gasteiger partial charge is 0.491 e. The molecule has 0 spiro atoms. The average molecular weight is 358 g/mol. The van der Waals surface area contributed by atoms with Gasteiger partial charge in [0, 0.05) is 11.1 Å². The summed E-state index contributed by atoms with van der Waals surface area (Å²) in [5.74, 6) is 0.595. The molecule has 6 heteroatoms. The van der Waals surface area contributed by atoms with E-state index in [-0.39, 0.29) is 32.4 Å². The van der Waals surface area contributed by atoms with Crippen LogP contribution >= 0.6 is 0 Å². The number of carbonyl (C=O) groups is 1. The first kappa shape index (κ1) is 18.2. The number of hydrogen-bond donors (Lipinski definition) is 2. The molecule has 26 heavy (non-hydrogen) atoms. The molecule has 2 N–H and O–H groups in total. The number of aryl methyl sites for hydroxylation is 2. The van der Waals surface area contributed by atoms with Gasteiger partial charge in [-0.3, -0.25) is 4.79 Å². The molecule has 2 aromatic rings. The topological polar surface area (TPSA) is 85.2 Å². The Morgan fingerprint density at radius 1 is 1.00 bits per heavy atom. The van der Waals surface area contributed by atoms with E-state index in [0.29, 0.717) is 22.8 Å². The third-order valence-electron chi connectivity index (χ3n) is 4.20. The molecular weight excluding hydrogens is 336 g/mol. The molecule has 3 rings (SSSR count). The number of carbonyl (C=O) groups excluding carboxylic acids is 1. The highest BCUT2D eigenvalue weighted by molar-refractivity contribution is 5.91. The van der Waals surface area contributed by atoms with Crippen LogP contribution in [-0.4, -0.2) is 42.6 Å². The van der Waals surface area contributed by atoms with Crippen molar-refractivity contribution >= 4 is 5.97 Å². The van der Waals surface area contributed by atoms with Gasteiger partial charge in [-0.2, -0.15) is 0 Å². The molecule has 0 fully saturated rings. The van der Waals surface area contributed by atoms with E-state index in [1.807, 2.05) is 26.0 Å². The Hall–Kier alpha value is -2.57. The Balaban J connectivity index is 2.08. The van der Waals surface area contributed by atoms with Crippen LogP contribution in [-0.2, 0) is 4.79 Å². The van der Waals surface area contributed by atoms with Gasteiger partial charge in [-0.1, -0.05) is 17.7 Å². The first-order valence-electron chi connectivity index (χ1n) is 8.49. The second-order valence-corrected chi connectivity index (χ2v) is 6.20. The number of hydrogen-bond acceptors (Lipinski definition) is 6. The minimum Gasteiger partial charge on any atom is -0.491 e. The Morgan fingerprint density at radius 2 is 1.73 bits per heavy atom. The van der Waals surface area contributed by atoms with Crippen molar-refractivity contribution in [1.82, 2.24) is 0 Å². The first-order valence-corrected chi connectivity index (χ1v) is 8.49. The SMILES string of the molecule is Cc1cc(C)c2c(c1)C(c1cc(OCCO)ccc1OCCO)C(=O)O2. The van der Waals surface area contributed by atoms with Crippen molar-refractivity contribution in [3.05, 3.63) is 52.6 Å². The number of ether oxygens (including phenoxy) is 3. The molecule has 1 aliphatic rings. The van der Waals surface area contributed by atoms with E-state index < -0.39 is 5.92 Å². The van der Waals surface area contributed by atoms with E-state index in [2.05, 4.69) is 0 Å². The third-order valence-corrected chi connectivity index (χ3v) is 4.20. The summed E-state index contributed by atoms with van der Waals surface area (Å²) in [5.41, 5.74) is 3.35. The van der Waals surface area contributed by atoms with E-state index in [1.54, 1.807) is 18.2 Å². The van der Waals surface area contributed by atoms with Crippen LogP contribution in [0.3, 0.4) is 0 Å². The van der Waals surface area contributed by atoms with E-state index in [9.17, 15) is 4.79 Å². The molecule has 1 heterocycles. The van der Waals surface area contributed by atoms with Gasteiger partial charge in [0.1, 0.15) is 36.4 Å². The maximum atomic E-state index is 12.6. The predicted octanol–water partition coefficient (Wildman–Crippen LogP) is 2.10. The van der Waals surface area contributed by atoms with Gasteiger partial charge in [0.15, 0.2) is 0 Å². The number of benzene rings is 2. The monoisotopic (exact) mass is 358 g/mol. The number of rotatable bonds is 7. The molecule has 0 saturated carbocycles. The summed E-state index contributed by atoms with van der Waals surface area (Å²) in [7, 11) is 0. The summed E-state index contributed by atoms with van der Waals surface area (Å²) < 4.78 is 16.6.